The van der Waals surface area contributed by atoms with E-state index in [1.165, 1.54) is 0 Å². The van der Waals surface area contributed by atoms with E-state index in [-0.39, 0.29) is 0 Å². The maximum absolute atomic E-state index is 5.90. The molecule has 1 aromatic heterocycles. The number of fused-ring (bicyclic) bond motifs is 1. The molecule has 0 bridgehead atoms. The Kier molecular flexibility index (Phi) is 3.13. The second-order valence-electron chi connectivity index (χ2n) is 4.37. The highest BCUT2D eigenvalue weighted by atomic mass is 16.5. The molecule has 0 radical (unpaired) electrons. The third kappa shape index (κ3) is 2.36. The lowest BCUT2D eigenvalue weighted by Crippen LogP contribution is -1.94. The molecular formula is C16H14N2O2. The average Bonchev–Trinajstić information content (AvgIpc) is 2.49. The molecular weight excluding hydrogens is 252 g/mol. The van der Waals surface area contributed by atoms with E-state index in [1.54, 1.807) is 31.5 Å². The largest absolute Gasteiger partial charge is 0.497 e. The number of ether oxygens (including phenoxy) is 2. The molecule has 0 aliphatic carbocycles. The first-order valence-corrected chi connectivity index (χ1v) is 6.22. The first kappa shape index (κ1) is 12.3. The standard InChI is InChI=1S/C16H14N2O2/c1-19-12-6-7-14(17)16(9-12)20-13-8-11-4-2-3-5-15(11)18-10-13/h2-10H,17H2,1H3. The Labute approximate surface area is 116 Å². The molecule has 4 nitrogen and oxygen atoms in total. The summed E-state index contributed by atoms with van der Waals surface area (Å²) < 4.78 is 11.0. The molecule has 0 amide bonds. The van der Waals surface area contributed by atoms with Gasteiger partial charge in [0.1, 0.15) is 11.5 Å². The van der Waals surface area contributed by atoms with E-state index < -0.39 is 0 Å². The van der Waals surface area contributed by atoms with Crippen molar-refractivity contribution >= 4 is 16.6 Å². The van der Waals surface area contributed by atoms with Crippen molar-refractivity contribution in [3.63, 3.8) is 0 Å². The van der Waals surface area contributed by atoms with Gasteiger partial charge < -0.3 is 15.2 Å². The van der Waals surface area contributed by atoms with Crippen molar-refractivity contribution in [1.29, 1.82) is 0 Å². The number of aromatic nitrogens is 1. The second kappa shape index (κ2) is 5.09. The summed E-state index contributed by atoms with van der Waals surface area (Å²) in [6.45, 7) is 0. The maximum Gasteiger partial charge on any atom is 0.154 e. The Bertz CT molecular complexity index is 756. The molecule has 0 unspecified atom stereocenters. The Morgan fingerprint density at radius 2 is 1.85 bits per heavy atom. The number of pyridine rings is 1. The summed E-state index contributed by atoms with van der Waals surface area (Å²) in [6, 6.07) is 15.1. The van der Waals surface area contributed by atoms with E-state index in [1.807, 2.05) is 30.3 Å². The molecule has 100 valence electrons. The fourth-order valence-electron chi connectivity index (χ4n) is 1.96. The van der Waals surface area contributed by atoms with Gasteiger partial charge in [-0.2, -0.15) is 0 Å². The molecule has 2 N–H and O–H groups in total. The van der Waals surface area contributed by atoms with Crippen LogP contribution >= 0.6 is 0 Å². The summed E-state index contributed by atoms with van der Waals surface area (Å²) in [7, 11) is 1.60. The average molecular weight is 266 g/mol. The lowest BCUT2D eigenvalue weighted by Gasteiger charge is -2.10. The predicted molar refractivity (Wildman–Crippen MR) is 79.2 cm³/mol. The Morgan fingerprint density at radius 3 is 2.70 bits per heavy atom. The van der Waals surface area contributed by atoms with Crippen LogP contribution in [0.2, 0.25) is 0 Å². The summed E-state index contributed by atoms with van der Waals surface area (Å²) in [5.41, 5.74) is 7.39. The maximum atomic E-state index is 5.90. The molecule has 3 aromatic rings. The molecule has 1 heterocycles. The van der Waals surface area contributed by atoms with Gasteiger partial charge in [-0.05, 0) is 24.3 Å². The van der Waals surface area contributed by atoms with Crippen molar-refractivity contribution < 1.29 is 9.47 Å². The lowest BCUT2D eigenvalue weighted by molar-refractivity contribution is 0.409. The number of nitrogen functional groups attached to an aromatic ring is 1. The summed E-state index contributed by atoms with van der Waals surface area (Å²) >= 11 is 0. The molecule has 0 saturated heterocycles. The van der Waals surface area contributed by atoms with Gasteiger partial charge >= 0.3 is 0 Å². The molecule has 0 spiro atoms. The van der Waals surface area contributed by atoms with Crippen LogP contribution in [0.15, 0.2) is 54.7 Å². The van der Waals surface area contributed by atoms with Crippen LogP contribution in [-0.2, 0) is 0 Å². The van der Waals surface area contributed by atoms with Crippen LogP contribution in [0.4, 0.5) is 5.69 Å². The van der Waals surface area contributed by atoms with Gasteiger partial charge in [-0.3, -0.25) is 4.98 Å². The fourth-order valence-corrected chi connectivity index (χ4v) is 1.96. The van der Waals surface area contributed by atoms with Gasteiger partial charge in [-0.15, -0.1) is 0 Å². The van der Waals surface area contributed by atoms with E-state index in [2.05, 4.69) is 4.98 Å². The van der Waals surface area contributed by atoms with Gasteiger partial charge in [0, 0.05) is 11.5 Å². The Morgan fingerprint density at radius 1 is 1.00 bits per heavy atom. The topological polar surface area (TPSA) is 57.4 Å². The number of rotatable bonds is 3. The predicted octanol–water partition coefficient (Wildman–Crippen LogP) is 3.62. The van der Waals surface area contributed by atoms with E-state index in [0.29, 0.717) is 22.9 Å². The number of benzene rings is 2. The summed E-state index contributed by atoms with van der Waals surface area (Å²) in [6.07, 6.45) is 1.68. The molecule has 0 aliphatic heterocycles. The number of nitrogens with two attached hydrogens (primary N) is 1. The minimum atomic E-state index is 0.555. The second-order valence-corrected chi connectivity index (χ2v) is 4.37. The van der Waals surface area contributed by atoms with Crippen molar-refractivity contribution in [3.05, 3.63) is 54.7 Å². The third-order valence-corrected chi connectivity index (χ3v) is 3.01. The van der Waals surface area contributed by atoms with Crippen molar-refractivity contribution in [2.24, 2.45) is 0 Å². The molecule has 20 heavy (non-hydrogen) atoms. The van der Waals surface area contributed by atoms with Crippen LogP contribution in [0.5, 0.6) is 17.2 Å². The summed E-state index contributed by atoms with van der Waals surface area (Å²) in [5.74, 6) is 1.90. The van der Waals surface area contributed by atoms with Crippen LogP contribution in [0.25, 0.3) is 10.9 Å². The first-order chi connectivity index (χ1) is 9.76. The molecule has 0 fully saturated rings. The minimum Gasteiger partial charge on any atom is -0.497 e. The van der Waals surface area contributed by atoms with E-state index in [9.17, 15) is 0 Å². The van der Waals surface area contributed by atoms with Crippen LogP contribution < -0.4 is 15.2 Å². The highest BCUT2D eigenvalue weighted by Crippen LogP contribution is 2.31. The lowest BCUT2D eigenvalue weighted by atomic mass is 10.2. The molecule has 0 aliphatic rings. The van der Waals surface area contributed by atoms with Gasteiger partial charge in [0.25, 0.3) is 0 Å². The monoisotopic (exact) mass is 266 g/mol. The van der Waals surface area contributed by atoms with Crippen LogP contribution in [0.1, 0.15) is 0 Å². The van der Waals surface area contributed by atoms with E-state index >= 15 is 0 Å². The van der Waals surface area contributed by atoms with Gasteiger partial charge in [-0.1, -0.05) is 18.2 Å². The quantitative estimate of drug-likeness (QED) is 0.736. The molecule has 4 heteroatoms. The van der Waals surface area contributed by atoms with Gasteiger partial charge in [-0.25, -0.2) is 0 Å². The molecule has 2 aromatic carbocycles. The highest BCUT2D eigenvalue weighted by Gasteiger charge is 2.05. The normalized spacial score (nSPS) is 10.4. The van der Waals surface area contributed by atoms with Crippen LogP contribution in [0.3, 0.4) is 0 Å². The van der Waals surface area contributed by atoms with Crippen LogP contribution in [-0.4, -0.2) is 12.1 Å². The van der Waals surface area contributed by atoms with Crippen molar-refractivity contribution in [2.75, 3.05) is 12.8 Å². The first-order valence-electron chi connectivity index (χ1n) is 6.22. The zero-order chi connectivity index (χ0) is 13.9. The SMILES string of the molecule is COc1ccc(N)c(Oc2cnc3ccccc3c2)c1. The molecule has 0 saturated carbocycles. The van der Waals surface area contributed by atoms with Gasteiger partial charge in [0.15, 0.2) is 5.75 Å². The highest BCUT2D eigenvalue weighted by molar-refractivity contribution is 5.79. The minimum absolute atomic E-state index is 0.555. The smallest absolute Gasteiger partial charge is 0.154 e. The number of para-hydroxylation sites is 1. The number of anilines is 1. The van der Waals surface area contributed by atoms with Crippen molar-refractivity contribution in [2.45, 2.75) is 0 Å². The Hall–Kier alpha value is -2.75. The Balaban J connectivity index is 1.96. The van der Waals surface area contributed by atoms with E-state index in [4.69, 9.17) is 15.2 Å². The van der Waals surface area contributed by atoms with Crippen molar-refractivity contribution in [1.82, 2.24) is 4.98 Å². The summed E-state index contributed by atoms with van der Waals surface area (Å²) in [5, 5.41) is 1.02. The molecule has 0 atom stereocenters. The zero-order valence-corrected chi connectivity index (χ0v) is 11.0. The van der Waals surface area contributed by atoms with E-state index in [0.717, 1.165) is 10.9 Å². The number of hydrogen-bond acceptors (Lipinski definition) is 4. The fraction of sp³-hybridized carbons (Fsp3) is 0.0625. The number of nitrogens with zero attached hydrogens (tertiary/aromatic N) is 1. The van der Waals surface area contributed by atoms with Gasteiger partial charge in [0.2, 0.25) is 0 Å². The molecule has 3 rings (SSSR count). The number of hydrogen-bond donors (Lipinski definition) is 1. The van der Waals surface area contributed by atoms with Crippen molar-refractivity contribution in [3.8, 4) is 17.2 Å². The number of methoxy groups -OCH3 is 1. The van der Waals surface area contributed by atoms with Crippen LogP contribution in [0, 0.1) is 0 Å². The van der Waals surface area contributed by atoms with Gasteiger partial charge in [0.05, 0.1) is 24.5 Å². The third-order valence-electron chi connectivity index (χ3n) is 3.01. The zero-order valence-electron chi connectivity index (χ0n) is 11.0. The summed E-state index contributed by atoms with van der Waals surface area (Å²) in [4.78, 5) is 4.35.